The fourth-order valence-corrected chi connectivity index (χ4v) is 2.39. The van der Waals surface area contributed by atoms with E-state index in [2.05, 4.69) is 24.3 Å². The van der Waals surface area contributed by atoms with Crippen LogP contribution in [-0.4, -0.2) is 42.8 Å². The molecule has 104 valence electrons. The molecule has 0 amide bonds. The van der Waals surface area contributed by atoms with Crippen molar-refractivity contribution in [1.29, 1.82) is 0 Å². The largest absolute Gasteiger partial charge is 0.312 e. The zero-order chi connectivity index (χ0) is 13.8. The van der Waals surface area contributed by atoms with E-state index in [4.69, 9.17) is 0 Å². The van der Waals surface area contributed by atoms with E-state index < -0.39 is 9.84 Å². The third-order valence-electron chi connectivity index (χ3n) is 3.03. The number of hydrogen-bond donors (Lipinski definition) is 1. The Morgan fingerprint density at radius 1 is 1.44 bits per heavy atom. The van der Waals surface area contributed by atoms with Crippen LogP contribution >= 0.6 is 0 Å². The predicted octanol–water partition coefficient (Wildman–Crippen LogP) is 1.17. The van der Waals surface area contributed by atoms with Crippen molar-refractivity contribution in [3.8, 4) is 0 Å². The van der Waals surface area contributed by atoms with Crippen LogP contribution in [-0.2, 0) is 9.84 Å². The highest BCUT2D eigenvalue weighted by Gasteiger charge is 2.14. The van der Waals surface area contributed by atoms with E-state index in [0.717, 1.165) is 5.56 Å². The molecule has 1 rings (SSSR count). The summed E-state index contributed by atoms with van der Waals surface area (Å²) < 4.78 is 23.9. The summed E-state index contributed by atoms with van der Waals surface area (Å²) in [5.41, 5.74) is 1.14. The van der Waals surface area contributed by atoms with E-state index in [1.165, 1.54) is 6.26 Å². The number of sulfone groups is 1. The zero-order valence-electron chi connectivity index (χ0n) is 11.5. The molecule has 0 saturated carbocycles. The molecular weight excluding hydrogens is 250 g/mol. The van der Waals surface area contributed by atoms with Crippen molar-refractivity contribution in [1.82, 2.24) is 15.1 Å². The summed E-state index contributed by atoms with van der Waals surface area (Å²) in [6.45, 7) is 6.90. The minimum absolute atomic E-state index is 0.238. The van der Waals surface area contributed by atoms with Crippen LogP contribution in [0.5, 0.6) is 0 Å². The van der Waals surface area contributed by atoms with Crippen molar-refractivity contribution in [3.05, 3.63) is 18.0 Å². The van der Waals surface area contributed by atoms with Crippen molar-refractivity contribution in [2.45, 2.75) is 39.3 Å². The van der Waals surface area contributed by atoms with Crippen molar-refractivity contribution in [2.24, 2.45) is 0 Å². The monoisotopic (exact) mass is 273 g/mol. The third-order valence-corrected chi connectivity index (χ3v) is 4.06. The first-order chi connectivity index (χ1) is 8.29. The van der Waals surface area contributed by atoms with Gasteiger partial charge in [-0.3, -0.25) is 4.68 Å². The number of rotatable bonds is 7. The summed E-state index contributed by atoms with van der Waals surface area (Å²) in [7, 11) is -2.85. The van der Waals surface area contributed by atoms with Gasteiger partial charge in [0.05, 0.1) is 18.0 Å². The van der Waals surface area contributed by atoms with Gasteiger partial charge in [0.25, 0.3) is 0 Å². The quantitative estimate of drug-likeness (QED) is 0.757. The van der Waals surface area contributed by atoms with Crippen LogP contribution in [0.3, 0.4) is 0 Å². The molecule has 1 N–H and O–H groups in total. The summed E-state index contributed by atoms with van der Waals surface area (Å²) in [5.74, 6) is 0.238. The molecule has 0 spiro atoms. The van der Waals surface area contributed by atoms with Crippen LogP contribution in [0, 0.1) is 6.92 Å². The molecule has 0 aliphatic rings. The molecule has 2 atom stereocenters. The minimum atomic E-state index is -2.85. The summed E-state index contributed by atoms with van der Waals surface area (Å²) in [6.07, 6.45) is 5.77. The van der Waals surface area contributed by atoms with Crippen LogP contribution < -0.4 is 5.32 Å². The number of nitrogens with one attached hydrogen (secondary N) is 1. The van der Waals surface area contributed by atoms with Gasteiger partial charge >= 0.3 is 0 Å². The molecule has 1 aromatic rings. The molecule has 0 unspecified atom stereocenters. The second-order valence-corrected chi connectivity index (χ2v) is 7.22. The number of nitrogens with zero attached hydrogens (tertiary/aromatic N) is 2. The Bertz CT molecular complexity index is 467. The average Bonchev–Trinajstić information content (AvgIpc) is 2.68. The average molecular weight is 273 g/mol. The molecule has 0 fully saturated rings. The van der Waals surface area contributed by atoms with Gasteiger partial charge in [-0.05, 0) is 39.3 Å². The second-order valence-electron chi connectivity index (χ2n) is 4.96. The number of hydrogen-bond acceptors (Lipinski definition) is 4. The fourth-order valence-electron chi connectivity index (χ4n) is 1.72. The van der Waals surface area contributed by atoms with Gasteiger partial charge < -0.3 is 5.32 Å². The zero-order valence-corrected chi connectivity index (χ0v) is 12.4. The highest BCUT2D eigenvalue weighted by Crippen LogP contribution is 2.10. The Morgan fingerprint density at radius 2 is 2.11 bits per heavy atom. The molecule has 1 aromatic heterocycles. The lowest BCUT2D eigenvalue weighted by Gasteiger charge is -2.21. The maximum Gasteiger partial charge on any atom is 0.147 e. The normalized spacial score (nSPS) is 15.6. The van der Waals surface area contributed by atoms with E-state index >= 15 is 0 Å². The van der Waals surface area contributed by atoms with Gasteiger partial charge in [-0.2, -0.15) is 5.10 Å². The maximum atomic E-state index is 11.0. The summed E-state index contributed by atoms with van der Waals surface area (Å²) in [5, 5.41) is 7.62. The summed E-state index contributed by atoms with van der Waals surface area (Å²) in [4.78, 5) is 0. The van der Waals surface area contributed by atoms with E-state index in [1.807, 2.05) is 24.0 Å². The van der Waals surface area contributed by atoms with Crippen molar-refractivity contribution >= 4 is 9.84 Å². The van der Waals surface area contributed by atoms with E-state index in [9.17, 15) is 8.42 Å². The lowest BCUT2D eigenvalue weighted by molar-refractivity contribution is 0.367. The highest BCUT2D eigenvalue weighted by molar-refractivity contribution is 7.90. The smallest absolute Gasteiger partial charge is 0.147 e. The van der Waals surface area contributed by atoms with Crippen LogP contribution in [0.1, 0.15) is 31.9 Å². The molecular formula is C12H23N3O2S. The second kappa shape index (κ2) is 6.33. The Labute approximate surface area is 109 Å². The molecule has 1 heterocycles. The number of aryl methyl sites for hydroxylation is 1. The molecule has 0 bridgehead atoms. The van der Waals surface area contributed by atoms with Crippen LogP contribution in [0.25, 0.3) is 0 Å². The molecule has 5 nitrogen and oxygen atoms in total. The van der Waals surface area contributed by atoms with Crippen molar-refractivity contribution < 1.29 is 8.42 Å². The Kier molecular flexibility index (Phi) is 5.34. The standard InChI is InChI=1S/C12H23N3O2S/c1-10-8-14-15(9-10)12(3)11(2)13-6-5-7-18(4,16)17/h8-9,11-13H,5-7H2,1-4H3/t11-,12-/m0/s1. The number of aromatic nitrogens is 2. The van der Waals surface area contributed by atoms with Gasteiger partial charge in [-0.15, -0.1) is 0 Å². The molecule has 0 aliphatic carbocycles. The molecule has 6 heteroatoms. The van der Waals surface area contributed by atoms with Crippen molar-refractivity contribution in [3.63, 3.8) is 0 Å². The van der Waals surface area contributed by atoms with Crippen molar-refractivity contribution in [2.75, 3.05) is 18.6 Å². The lowest BCUT2D eigenvalue weighted by Crippen LogP contribution is -2.35. The Hall–Kier alpha value is -0.880. The van der Waals surface area contributed by atoms with E-state index in [-0.39, 0.29) is 17.8 Å². The summed E-state index contributed by atoms with van der Waals surface area (Å²) >= 11 is 0. The van der Waals surface area contributed by atoms with Crippen LogP contribution in [0.2, 0.25) is 0 Å². The lowest BCUT2D eigenvalue weighted by atomic mass is 10.1. The van der Waals surface area contributed by atoms with Gasteiger partial charge in [0.1, 0.15) is 9.84 Å². The maximum absolute atomic E-state index is 11.0. The van der Waals surface area contributed by atoms with Gasteiger partial charge in [-0.25, -0.2) is 8.42 Å². The molecule has 0 aromatic carbocycles. The Morgan fingerprint density at radius 3 is 2.61 bits per heavy atom. The Balaban J connectivity index is 2.34. The van der Waals surface area contributed by atoms with E-state index in [0.29, 0.717) is 13.0 Å². The van der Waals surface area contributed by atoms with E-state index in [1.54, 1.807) is 0 Å². The van der Waals surface area contributed by atoms with Crippen LogP contribution in [0.15, 0.2) is 12.4 Å². The summed E-state index contributed by atoms with van der Waals surface area (Å²) in [6, 6.07) is 0.501. The van der Waals surface area contributed by atoms with Gasteiger partial charge in [0.15, 0.2) is 0 Å². The topological polar surface area (TPSA) is 64.0 Å². The molecule has 0 radical (unpaired) electrons. The van der Waals surface area contributed by atoms with Gasteiger partial charge in [-0.1, -0.05) is 0 Å². The molecule has 18 heavy (non-hydrogen) atoms. The fraction of sp³-hybridized carbons (Fsp3) is 0.750. The van der Waals surface area contributed by atoms with Gasteiger partial charge in [0.2, 0.25) is 0 Å². The first-order valence-electron chi connectivity index (χ1n) is 6.21. The first-order valence-corrected chi connectivity index (χ1v) is 8.27. The first kappa shape index (κ1) is 15.2. The SMILES string of the molecule is Cc1cnn([C@@H](C)[C@H](C)NCCCS(C)(=O)=O)c1. The van der Waals surface area contributed by atoms with Gasteiger partial charge in [0, 0.05) is 18.5 Å². The highest BCUT2D eigenvalue weighted by atomic mass is 32.2. The molecule has 0 aliphatic heterocycles. The predicted molar refractivity (Wildman–Crippen MR) is 73.5 cm³/mol. The third kappa shape index (κ3) is 5.18. The van der Waals surface area contributed by atoms with Crippen LogP contribution in [0.4, 0.5) is 0 Å². The molecule has 0 saturated heterocycles. The minimum Gasteiger partial charge on any atom is -0.312 e.